The molecular formula is C27H21ClF4N2O5S. The van der Waals surface area contributed by atoms with Crippen LogP contribution in [0.25, 0.3) is 22.0 Å². The van der Waals surface area contributed by atoms with E-state index >= 15 is 0 Å². The minimum Gasteiger partial charge on any atom is -0.478 e. The maximum Gasteiger partial charge on any atom is 0.573 e. The molecule has 0 radical (unpaired) electrons. The fourth-order valence-corrected chi connectivity index (χ4v) is 5.54. The number of pyridine rings is 1. The lowest BCUT2D eigenvalue weighted by Gasteiger charge is -2.21. The van der Waals surface area contributed by atoms with Crippen LogP contribution in [-0.4, -0.2) is 30.8 Å². The number of halogens is 5. The average Bonchev–Trinajstić information content (AvgIpc) is 2.83. The summed E-state index contributed by atoms with van der Waals surface area (Å²) in [5, 5.41) is 9.11. The fourth-order valence-electron chi connectivity index (χ4n) is 4.15. The molecule has 1 aromatic heterocycles. The van der Waals surface area contributed by atoms with Crippen molar-refractivity contribution in [1.29, 1.82) is 0 Å². The van der Waals surface area contributed by atoms with Crippen LogP contribution in [0.4, 0.5) is 23.2 Å². The summed E-state index contributed by atoms with van der Waals surface area (Å²) >= 11 is 6.37. The van der Waals surface area contributed by atoms with E-state index in [-0.39, 0.29) is 38.8 Å². The molecule has 13 heteroatoms. The zero-order valence-electron chi connectivity index (χ0n) is 21.1. The fraction of sp³-hybridized carbons (Fsp3) is 0.185. The summed E-state index contributed by atoms with van der Waals surface area (Å²) in [6, 6.07) is 10.6. The molecule has 2 N–H and O–H groups in total. The topological polar surface area (TPSA) is 106 Å². The number of aromatic nitrogens is 1. The van der Waals surface area contributed by atoms with Crippen molar-refractivity contribution in [3.05, 3.63) is 82.8 Å². The van der Waals surface area contributed by atoms with E-state index in [1.165, 1.54) is 42.6 Å². The Morgan fingerprint density at radius 2 is 1.75 bits per heavy atom. The van der Waals surface area contributed by atoms with Crippen LogP contribution in [-0.2, 0) is 15.4 Å². The predicted octanol–water partition coefficient (Wildman–Crippen LogP) is 7.39. The quantitative estimate of drug-likeness (QED) is 0.225. The van der Waals surface area contributed by atoms with E-state index in [4.69, 9.17) is 11.6 Å². The summed E-state index contributed by atoms with van der Waals surface area (Å²) in [6.07, 6.45) is -3.80. The number of alkyl halides is 3. The number of fused-ring (bicyclic) bond motifs is 1. The Morgan fingerprint density at radius 1 is 1.05 bits per heavy atom. The Hall–Kier alpha value is -3.90. The minimum atomic E-state index is -5.12. The third-order valence-electron chi connectivity index (χ3n) is 5.90. The lowest BCUT2D eigenvalue weighted by atomic mass is 9.87. The van der Waals surface area contributed by atoms with Gasteiger partial charge >= 0.3 is 12.3 Å². The van der Waals surface area contributed by atoms with Gasteiger partial charge in [0.2, 0.25) is 0 Å². The Kier molecular flexibility index (Phi) is 7.46. The van der Waals surface area contributed by atoms with Gasteiger partial charge in [-0.05, 0) is 52.9 Å². The second-order valence-electron chi connectivity index (χ2n) is 9.71. The molecule has 7 nitrogen and oxygen atoms in total. The number of ether oxygens (including phenoxy) is 1. The first-order valence-electron chi connectivity index (χ1n) is 11.5. The third-order valence-corrected chi connectivity index (χ3v) is 7.64. The smallest absolute Gasteiger partial charge is 0.478 e. The third kappa shape index (κ3) is 5.82. The van der Waals surface area contributed by atoms with Gasteiger partial charge in [-0.25, -0.2) is 17.6 Å². The molecule has 40 heavy (non-hydrogen) atoms. The highest BCUT2D eigenvalue weighted by Crippen LogP contribution is 2.45. The number of carbonyl (C=O) groups is 1. The number of carboxylic acids is 1. The SMILES string of the molecule is CC(C)(C)c1ccc(S(=O)(=O)Nc2ccc(OC(F)(F)F)c(Cl)c2-c2ccc(C(=O)O)c3ncccc23)cc1F. The number of hydrogen-bond acceptors (Lipinski definition) is 5. The molecule has 0 aliphatic rings. The first-order chi connectivity index (χ1) is 18.5. The Balaban J connectivity index is 1.94. The van der Waals surface area contributed by atoms with E-state index in [0.717, 1.165) is 18.2 Å². The summed E-state index contributed by atoms with van der Waals surface area (Å²) < 4.78 is 87.0. The van der Waals surface area contributed by atoms with Crippen LogP contribution in [0.3, 0.4) is 0 Å². The standard InChI is InChI=1S/C27H21ClF4N2O5S/c1-26(2,3)18-9-6-14(13-19(18)29)40(37,38)34-20-10-11-21(39-27(30,31)32)23(28)22(20)15-7-8-17(25(35)36)24-16(15)5-4-12-33-24/h4-13,34H,1-3H3,(H,35,36). The van der Waals surface area contributed by atoms with Crippen LogP contribution in [0.15, 0.2) is 65.7 Å². The molecule has 0 bridgehead atoms. The minimum absolute atomic E-state index is 0.0145. The molecule has 0 unspecified atom stereocenters. The molecule has 210 valence electrons. The largest absolute Gasteiger partial charge is 0.573 e. The summed E-state index contributed by atoms with van der Waals surface area (Å²) in [5.41, 5.74) is -0.985. The average molecular weight is 597 g/mol. The molecule has 1 heterocycles. The summed E-state index contributed by atoms with van der Waals surface area (Å²) in [6.45, 7) is 5.27. The molecule has 0 atom stereocenters. The van der Waals surface area contributed by atoms with Crippen LogP contribution in [0, 0.1) is 5.82 Å². The number of sulfonamides is 1. The number of rotatable bonds is 6. The van der Waals surface area contributed by atoms with E-state index in [1.54, 1.807) is 20.8 Å². The van der Waals surface area contributed by atoms with E-state index < -0.39 is 49.3 Å². The van der Waals surface area contributed by atoms with Crippen molar-refractivity contribution in [2.45, 2.75) is 37.4 Å². The lowest BCUT2D eigenvalue weighted by Crippen LogP contribution is -2.19. The number of carboxylic acid groups (broad SMARTS) is 1. The van der Waals surface area contributed by atoms with Crippen molar-refractivity contribution >= 4 is 44.2 Å². The van der Waals surface area contributed by atoms with E-state index in [1.807, 2.05) is 0 Å². The first kappa shape index (κ1) is 29.1. The number of benzene rings is 3. The Bertz CT molecular complexity index is 1750. The van der Waals surface area contributed by atoms with E-state index in [0.29, 0.717) is 0 Å². The van der Waals surface area contributed by atoms with Gasteiger partial charge in [-0.3, -0.25) is 9.71 Å². The molecule has 0 fully saturated rings. The number of anilines is 1. The number of aromatic carboxylic acids is 1. The van der Waals surface area contributed by atoms with Gasteiger partial charge in [0.1, 0.15) is 11.6 Å². The van der Waals surface area contributed by atoms with Crippen LogP contribution < -0.4 is 9.46 Å². The second-order valence-corrected chi connectivity index (χ2v) is 11.8. The zero-order chi connectivity index (χ0) is 29.6. The van der Waals surface area contributed by atoms with Crippen molar-refractivity contribution in [1.82, 2.24) is 4.98 Å². The summed E-state index contributed by atoms with van der Waals surface area (Å²) in [7, 11) is -4.49. The van der Waals surface area contributed by atoms with Gasteiger partial charge in [0.25, 0.3) is 10.0 Å². The number of hydrogen-bond donors (Lipinski definition) is 2. The Morgan fingerprint density at radius 3 is 2.35 bits per heavy atom. The first-order valence-corrected chi connectivity index (χ1v) is 13.4. The summed E-state index contributed by atoms with van der Waals surface area (Å²) in [4.78, 5) is 15.4. The number of nitrogens with zero attached hydrogens (tertiary/aromatic N) is 1. The molecule has 0 saturated heterocycles. The highest BCUT2D eigenvalue weighted by Gasteiger charge is 2.33. The van der Waals surface area contributed by atoms with Gasteiger partial charge < -0.3 is 9.84 Å². The lowest BCUT2D eigenvalue weighted by molar-refractivity contribution is -0.274. The van der Waals surface area contributed by atoms with Crippen LogP contribution >= 0.6 is 11.6 Å². The van der Waals surface area contributed by atoms with Crippen molar-refractivity contribution in [3.8, 4) is 16.9 Å². The highest BCUT2D eigenvalue weighted by molar-refractivity contribution is 7.92. The molecule has 3 aromatic carbocycles. The normalized spacial score (nSPS) is 12.4. The van der Waals surface area contributed by atoms with Gasteiger partial charge in [0.05, 0.1) is 26.7 Å². The maximum absolute atomic E-state index is 14.8. The van der Waals surface area contributed by atoms with Crippen LogP contribution in [0.2, 0.25) is 5.02 Å². The molecule has 4 aromatic rings. The molecule has 0 spiro atoms. The molecular weight excluding hydrogens is 576 g/mol. The molecule has 0 aliphatic heterocycles. The van der Waals surface area contributed by atoms with Crippen LogP contribution in [0.1, 0.15) is 36.7 Å². The van der Waals surface area contributed by atoms with Gasteiger partial charge in [-0.1, -0.05) is 50.6 Å². The predicted molar refractivity (Wildman–Crippen MR) is 142 cm³/mol. The second kappa shape index (κ2) is 10.3. The van der Waals surface area contributed by atoms with Gasteiger partial charge in [0, 0.05) is 17.1 Å². The monoisotopic (exact) mass is 596 g/mol. The Labute approximate surface area is 231 Å². The molecule has 0 aliphatic carbocycles. The molecule has 0 saturated carbocycles. The molecule has 0 amide bonds. The zero-order valence-corrected chi connectivity index (χ0v) is 22.7. The summed E-state index contributed by atoms with van der Waals surface area (Å²) in [5.74, 6) is -2.90. The van der Waals surface area contributed by atoms with Crippen molar-refractivity contribution in [2.24, 2.45) is 0 Å². The van der Waals surface area contributed by atoms with Gasteiger partial charge in [-0.15, -0.1) is 13.2 Å². The van der Waals surface area contributed by atoms with E-state index in [9.17, 15) is 35.9 Å². The van der Waals surface area contributed by atoms with Crippen molar-refractivity contribution < 1.29 is 40.6 Å². The molecule has 4 rings (SSSR count). The van der Waals surface area contributed by atoms with Gasteiger partial charge in [0.15, 0.2) is 0 Å². The highest BCUT2D eigenvalue weighted by atomic mass is 35.5. The van der Waals surface area contributed by atoms with Gasteiger partial charge in [-0.2, -0.15) is 0 Å². The van der Waals surface area contributed by atoms with Crippen molar-refractivity contribution in [2.75, 3.05) is 4.72 Å². The maximum atomic E-state index is 14.8. The van der Waals surface area contributed by atoms with E-state index in [2.05, 4.69) is 14.4 Å². The van der Waals surface area contributed by atoms with Crippen molar-refractivity contribution in [3.63, 3.8) is 0 Å². The van der Waals surface area contributed by atoms with Crippen LogP contribution in [0.5, 0.6) is 5.75 Å². The number of nitrogens with one attached hydrogen (secondary N) is 1.